The van der Waals surface area contributed by atoms with Crippen LogP contribution >= 0.6 is 0 Å². The van der Waals surface area contributed by atoms with Gasteiger partial charge in [0.15, 0.2) is 20.2 Å². The molecule has 1 fully saturated rings. The van der Waals surface area contributed by atoms with Crippen molar-refractivity contribution in [2.24, 2.45) is 5.92 Å². The smallest absolute Gasteiger partial charge is 0.741 e. The van der Waals surface area contributed by atoms with Gasteiger partial charge < -0.3 is 44.6 Å². The van der Waals surface area contributed by atoms with Crippen LogP contribution in [-0.2, 0) is 49.6 Å². The second kappa shape index (κ2) is 17.3. The molecule has 2 aliphatic rings. The molecule has 0 radical (unpaired) electrons. The maximum absolute atomic E-state index is 12.2. The van der Waals surface area contributed by atoms with E-state index in [9.17, 15) is 31.1 Å². The molecular formula is C17H33F6N7O8OsS2. The van der Waals surface area contributed by atoms with Crippen LogP contribution in [0.25, 0.3) is 0 Å². The van der Waals surface area contributed by atoms with Crippen molar-refractivity contribution in [3.8, 4) is 0 Å². The van der Waals surface area contributed by atoms with Gasteiger partial charge in [-0.2, -0.15) is 26.3 Å². The Bertz CT molecular complexity index is 1140. The Kier molecular flexibility index (Phi) is 21.9. The van der Waals surface area contributed by atoms with E-state index >= 15 is 0 Å². The molecule has 24 heteroatoms. The van der Waals surface area contributed by atoms with Crippen LogP contribution < -0.4 is 36.1 Å². The van der Waals surface area contributed by atoms with E-state index in [4.69, 9.17) is 30.7 Å². The maximum atomic E-state index is 12.2. The summed E-state index contributed by atoms with van der Waals surface area (Å²) in [7, 11) is -10.7. The van der Waals surface area contributed by atoms with Gasteiger partial charge in [0.1, 0.15) is 0 Å². The molecule has 3 heterocycles. The first kappa shape index (κ1) is 51.9. The van der Waals surface area contributed by atoms with E-state index in [2.05, 4.69) is 29.4 Å². The summed E-state index contributed by atoms with van der Waals surface area (Å²) in [6, 6.07) is 3.93. The third-order valence-corrected chi connectivity index (χ3v) is 6.14. The number of aromatic nitrogens is 1. The molecule has 0 aromatic carbocycles. The number of pyridine rings is 1. The molecule has 1 saturated heterocycles. The zero-order valence-corrected chi connectivity index (χ0v) is 26.0. The number of hydrogen-bond acceptors (Lipinski definition) is 15. The van der Waals surface area contributed by atoms with E-state index in [1.54, 1.807) is 6.20 Å². The number of halogens is 6. The monoisotopic (exact) mass is 833 g/mol. The summed E-state index contributed by atoms with van der Waals surface area (Å²) in [5.74, 6) is -0.350. The molecule has 3 rings (SSSR count). The minimum atomic E-state index is -6.09. The Morgan fingerprint density at radius 1 is 0.902 bits per heavy atom. The van der Waals surface area contributed by atoms with E-state index in [1.807, 2.05) is 25.3 Å². The fourth-order valence-electron chi connectivity index (χ4n) is 3.67. The van der Waals surface area contributed by atoms with Gasteiger partial charge in [0.2, 0.25) is 0 Å². The molecule has 2 bridgehead atoms. The number of carbonyl (C=O) groups excluding carboxylic acids is 1. The van der Waals surface area contributed by atoms with Gasteiger partial charge in [0, 0.05) is 29.4 Å². The van der Waals surface area contributed by atoms with Crippen LogP contribution in [-0.4, -0.2) is 66.1 Å². The summed E-state index contributed by atoms with van der Waals surface area (Å²) in [4.78, 5) is 16.4. The van der Waals surface area contributed by atoms with Crippen molar-refractivity contribution in [3.05, 3.63) is 42.2 Å². The van der Waals surface area contributed by atoms with Crippen LogP contribution in [0.5, 0.6) is 0 Å². The fraction of sp³-hybridized carbons (Fsp3) is 0.529. The van der Waals surface area contributed by atoms with Crippen molar-refractivity contribution >= 4 is 26.2 Å². The molecular weight excluding hydrogens is 799 g/mol. The summed E-state index contributed by atoms with van der Waals surface area (Å²) >= 11 is 0. The number of nitrogens with zero attached hydrogens (tertiary/aromatic N) is 1. The number of alkyl halides is 6. The Morgan fingerprint density at radius 3 is 1.56 bits per heavy atom. The molecule has 0 amide bonds. The van der Waals surface area contributed by atoms with Gasteiger partial charge in [-0.25, -0.2) is 16.8 Å². The average Bonchev–Trinajstić information content (AvgIpc) is 3.12. The summed E-state index contributed by atoms with van der Waals surface area (Å²) < 4.78 is 123. The first-order valence-corrected chi connectivity index (χ1v) is 11.8. The van der Waals surface area contributed by atoms with Gasteiger partial charge in [-0.3, -0.25) is 15.1 Å². The largest absolute Gasteiger partial charge is 2.00 e. The molecule has 2 aliphatic heterocycles. The van der Waals surface area contributed by atoms with E-state index in [0.717, 1.165) is 5.56 Å². The number of esters is 1. The van der Waals surface area contributed by atoms with Crippen molar-refractivity contribution < 1.29 is 81.6 Å². The molecule has 16 N–H and O–H groups in total. The van der Waals surface area contributed by atoms with Gasteiger partial charge >= 0.3 is 36.8 Å². The number of rotatable bonds is 2. The summed E-state index contributed by atoms with van der Waals surface area (Å²) in [6.45, 7) is 4.17. The topological polar surface area (TPSA) is 341 Å². The van der Waals surface area contributed by atoms with Gasteiger partial charge in [0.05, 0.1) is 13.0 Å². The molecule has 41 heavy (non-hydrogen) atoms. The molecule has 15 nitrogen and oxygen atoms in total. The maximum Gasteiger partial charge on any atom is 2.00 e. The summed E-state index contributed by atoms with van der Waals surface area (Å²) in [6.07, 6.45) is 7.83. The number of hydrogen-bond donors (Lipinski definition) is 6. The summed E-state index contributed by atoms with van der Waals surface area (Å²) in [5, 5.41) is 3.55. The van der Waals surface area contributed by atoms with Crippen LogP contribution in [0.1, 0.15) is 25.3 Å². The normalized spacial score (nSPS) is 23.8. The number of carbonyl (C=O) groups is 1. The Balaban J connectivity index is -0.000000121. The zero-order chi connectivity index (χ0) is 27.7. The van der Waals surface area contributed by atoms with Gasteiger partial charge in [-0.05, 0) is 25.5 Å². The number of fused-ring (bicyclic) bond motifs is 2. The predicted molar refractivity (Wildman–Crippen MR) is 128 cm³/mol. The molecule has 0 aliphatic carbocycles. The SMILES string of the molecule is COC(=O)C1C(c2cccnc2)C2(C)C=CC1(C)N2.N.N.N.N.N.O=S(=O)([O-])C(F)(F)F.O=S(=O)([O-])C(F)(F)F.[Os+2]. The van der Waals surface area contributed by atoms with Gasteiger partial charge in [0.25, 0.3) is 0 Å². The second-order valence-corrected chi connectivity index (χ2v) is 10.3. The van der Waals surface area contributed by atoms with Crippen LogP contribution in [0.15, 0.2) is 36.7 Å². The predicted octanol–water partition coefficient (Wildman–Crippen LogP) is 2.56. The first-order chi connectivity index (χ1) is 15.5. The molecule has 0 saturated carbocycles. The average molecular weight is 832 g/mol. The van der Waals surface area contributed by atoms with Gasteiger partial charge in [-0.1, -0.05) is 18.2 Å². The van der Waals surface area contributed by atoms with Crippen molar-refractivity contribution in [1.82, 2.24) is 41.1 Å². The molecule has 4 atom stereocenters. The Morgan fingerprint density at radius 2 is 1.27 bits per heavy atom. The molecule has 0 spiro atoms. The first-order valence-electron chi connectivity index (χ1n) is 9.02. The van der Waals surface area contributed by atoms with E-state index < -0.39 is 31.3 Å². The number of ether oxygens (including phenoxy) is 1. The van der Waals surface area contributed by atoms with Crippen molar-refractivity contribution in [2.45, 2.75) is 41.9 Å². The van der Waals surface area contributed by atoms with Crippen LogP contribution in [0, 0.1) is 5.92 Å². The van der Waals surface area contributed by atoms with Crippen LogP contribution in [0.3, 0.4) is 0 Å². The minimum absolute atomic E-state index is 0. The quantitative estimate of drug-likeness (QED) is 0.0820. The van der Waals surface area contributed by atoms with E-state index in [1.165, 1.54) is 7.11 Å². The zero-order valence-electron chi connectivity index (χ0n) is 21.8. The molecule has 246 valence electrons. The third kappa shape index (κ3) is 12.5. The van der Waals surface area contributed by atoms with Gasteiger partial charge in [-0.15, -0.1) is 0 Å². The molecule has 4 unspecified atom stereocenters. The van der Waals surface area contributed by atoms with E-state index in [0.29, 0.717) is 0 Å². The van der Waals surface area contributed by atoms with Crippen LogP contribution in [0.4, 0.5) is 26.3 Å². The number of nitrogens with one attached hydrogen (secondary N) is 1. The van der Waals surface area contributed by atoms with Crippen molar-refractivity contribution in [3.63, 3.8) is 0 Å². The number of methoxy groups -OCH3 is 1. The second-order valence-electron chi connectivity index (χ2n) is 7.59. The Labute approximate surface area is 245 Å². The van der Waals surface area contributed by atoms with Crippen LogP contribution in [0.2, 0.25) is 0 Å². The third-order valence-electron chi connectivity index (χ3n) is 5.01. The fourth-order valence-corrected chi connectivity index (χ4v) is 3.67. The molecule has 1 aromatic heterocycles. The van der Waals surface area contributed by atoms with Crippen molar-refractivity contribution in [2.75, 3.05) is 7.11 Å². The van der Waals surface area contributed by atoms with E-state index in [-0.39, 0.29) is 79.4 Å². The van der Waals surface area contributed by atoms with Crippen molar-refractivity contribution in [1.29, 1.82) is 0 Å². The summed E-state index contributed by atoms with van der Waals surface area (Å²) in [5.41, 5.74) is -10.8. The standard InChI is InChI=1S/C15H18N2O2.2CHF3O3S.5H3N.Os/c1-14-6-7-15(2,17-14)12(13(18)19-3)11(14)10-5-4-8-16-9-10;2*2-1(3,4)8(5,6)7;;;;;;/h4-9,11-12,17H,1-3H3;2*(H,5,6,7);5*1H3;/q;;;;;;;;+2/p-2. The molecule has 1 aromatic rings. The minimum Gasteiger partial charge on any atom is -0.741 e. The Hall–Kier alpha value is -1.84.